The lowest BCUT2D eigenvalue weighted by Crippen LogP contribution is -2.13. The number of aryl methyl sites for hydroxylation is 2. The van der Waals surface area contributed by atoms with Crippen molar-refractivity contribution in [1.82, 2.24) is 0 Å². The van der Waals surface area contributed by atoms with E-state index in [0.717, 1.165) is 28.4 Å². The van der Waals surface area contributed by atoms with Gasteiger partial charge in [-0.2, -0.15) is 0 Å². The molecule has 0 fully saturated rings. The summed E-state index contributed by atoms with van der Waals surface area (Å²) in [6.07, 6.45) is 0. The van der Waals surface area contributed by atoms with Crippen molar-refractivity contribution < 1.29 is 0 Å². The first-order valence-electron chi connectivity index (χ1n) is 11.2. The minimum Gasteiger partial charge on any atom is -0.356 e. The summed E-state index contributed by atoms with van der Waals surface area (Å²) in [6.45, 7) is 11.0. The fourth-order valence-electron chi connectivity index (χ4n) is 4.04. The summed E-state index contributed by atoms with van der Waals surface area (Å²) in [7, 11) is 0. The molecular weight excluding hydrogens is 388 g/mol. The molecule has 0 aliphatic heterocycles. The molecule has 0 unspecified atom stereocenters. The largest absolute Gasteiger partial charge is 0.356 e. The average Bonchev–Trinajstić information content (AvgIpc) is 2.75. The van der Waals surface area contributed by atoms with Crippen LogP contribution < -0.4 is 10.2 Å². The zero-order valence-electron chi connectivity index (χ0n) is 19.7. The van der Waals surface area contributed by atoms with Crippen LogP contribution >= 0.6 is 0 Å². The van der Waals surface area contributed by atoms with Crippen molar-refractivity contribution in [3.8, 4) is 0 Å². The number of nitrogens with zero attached hydrogens (tertiary/aromatic N) is 1. The summed E-state index contributed by atoms with van der Waals surface area (Å²) in [5.41, 5.74) is 9.62. The molecule has 4 rings (SSSR count). The van der Waals surface area contributed by atoms with Crippen LogP contribution in [0.2, 0.25) is 0 Å². The number of hydrogen-bond acceptors (Lipinski definition) is 2. The quantitative estimate of drug-likeness (QED) is 0.347. The van der Waals surface area contributed by atoms with Crippen LogP contribution in [0.3, 0.4) is 0 Å². The molecule has 0 amide bonds. The van der Waals surface area contributed by atoms with Crippen molar-refractivity contribution in [3.05, 3.63) is 114 Å². The molecule has 0 heterocycles. The Kier molecular flexibility index (Phi) is 6.05. The summed E-state index contributed by atoms with van der Waals surface area (Å²) < 4.78 is 0. The van der Waals surface area contributed by atoms with E-state index in [2.05, 4.69) is 142 Å². The molecule has 0 spiro atoms. The highest BCUT2D eigenvalue weighted by atomic mass is 15.1. The molecule has 0 saturated carbocycles. The first-order chi connectivity index (χ1) is 15.3. The zero-order valence-corrected chi connectivity index (χ0v) is 19.7. The summed E-state index contributed by atoms with van der Waals surface area (Å²) in [5, 5.41) is 3.54. The van der Waals surface area contributed by atoms with Gasteiger partial charge >= 0.3 is 0 Å². The number of para-hydroxylation sites is 1. The normalized spacial score (nSPS) is 11.3. The molecule has 2 heteroatoms. The lowest BCUT2D eigenvalue weighted by atomic mass is 9.87. The monoisotopic (exact) mass is 420 g/mol. The Morgan fingerprint density at radius 3 is 1.59 bits per heavy atom. The van der Waals surface area contributed by atoms with E-state index in [1.807, 2.05) is 0 Å². The Hall–Kier alpha value is -3.52. The maximum Gasteiger partial charge on any atom is 0.0463 e. The molecule has 0 bridgehead atoms. The van der Waals surface area contributed by atoms with Crippen LogP contribution in [0.1, 0.15) is 37.5 Å². The van der Waals surface area contributed by atoms with Gasteiger partial charge in [-0.25, -0.2) is 0 Å². The summed E-state index contributed by atoms with van der Waals surface area (Å²) in [5.74, 6) is 0. The van der Waals surface area contributed by atoms with Gasteiger partial charge in [-0.1, -0.05) is 57.2 Å². The highest BCUT2D eigenvalue weighted by Gasteiger charge is 2.16. The average molecular weight is 421 g/mol. The first-order valence-corrected chi connectivity index (χ1v) is 11.2. The smallest absolute Gasteiger partial charge is 0.0463 e. The molecule has 0 aliphatic carbocycles. The Balaban J connectivity index is 1.66. The van der Waals surface area contributed by atoms with E-state index >= 15 is 0 Å². The lowest BCUT2D eigenvalue weighted by molar-refractivity contribution is 0.590. The van der Waals surface area contributed by atoms with Crippen molar-refractivity contribution in [2.45, 2.75) is 40.0 Å². The third kappa shape index (κ3) is 5.03. The number of anilines is 5. The molecule has 2 nitrogen and oxygen atoms in total. The van der Waals surface area contributed by atoms with Crippen molar-refractivity contribution >= 4 is 28.4 Å². The van der Waals surface area contributed by atoms with E-state index in [4.69, 9.17) is 0 Å². The van der Waals surface area contributed by atoms with Crippen molar-refractivity contribution in [2.75, 3.05) is 10.2 Å². The van der Waals surface area contributed by atoms with Gasteiger partial charge in [0.2, 0.25) is 0 Å². The summed E-state index contributed by atoms with van der Waals surface area (Å²) in [4.78, 5) is 2.30. The van der Waals surface area contributed by atoms with E-state index in [0.29, 0.717) is 0 Å². The van der Waals surface area contributed by atoms with Gasteiger partial charge in [0.05, 0.1) is 0 Å². The second-order valence-corrected chi connectivity index (χ2v) is 9.52. The van der Waals surface area contributed by atoms with Crippen LogP contribution in [0.4, 0.5) is 28.4 Å². The van der Waals surface area contributed by atoms with Gasteiger partial charge in [-0.15, -0.1) is 0 Å². The van der Waals surface area contributed by atoms with Gasteiger partial charge in [0.15, 0.2) is 0 Å². The highest BCUT2D eigenvalue weighted by molar-refractivity contribution is 5.78. The number of nitrogens with one attached hydrogen (secondary N) is 1. The zero-order chi connectivity index (χ0) is 22.7. The highest BCUT2D eigenvalue weighted by Crippen LogP contribution is 2.36. The van der Waals surface area contributed by atoms with Crippen molar-refractivity contribution in [2.24, 2.45) is 0 Å². The van der Waals surface area contributed by atoms with E-state index in [1.54, 1.807) is 0 Å². The minimum absolute atomic E-state index is 0.136. The van der Waals surface area contributed by atoms with Crippen molar-refractivity contribution in [1.29, 1.82) is 0 Å². The van der Waals surface area contributed by atoms with Crippen LogP contribution in [0.25, 0.3) is 0 Å². The second-order valence-electron chi connectivity index (χ2n) is 9.52. The number of hydrogen-bond donors (Lipinski definition) is 1. The molecule has 0 saturated heterocycles. The number of rotatable bonds is 5. The van der Waals surface area contributed by atoms with Gasteiger partial charge in [-0.3, -0.25) is 0 Å². The van der Waals surface area contributed by atoms with E-state index in [1.165, 1.54) is 16.7 Å². The van der Waals surface area contributed by atoms with Gasteiger partial charge in [0.1, 0.15) is 0 Å². The van der Waals surface area contributed by atoms with E-state index < -0.39 is 0 Å². The Morgan fingerprint density at radius 1 is 0.562 bits per heavy atom. The predicted molar refractivity (Wildman–Crippen MR) is 139 cm³/mol. The Morgan fingerprint density at radius 2 is 1.06 bits per heavy atom. The Bertz CT molecular complexity index is 1150. The topological polar surface area (TPSA) is 15.3 Å². The second kappa shape index (κ2) is 8.92. The molecule has 0 radical (unpaired) electrons. The van der Waals surface area contributed by atoms with E-state index in [9.17, 15) is 0 Å². The summed E-state index contributed by atoms with van der Waals surface area (Å²) >= 11 is 0. The molecule has 4 aromatic rings. The van der Waals surface area contributed by atoms with Crippen molar-refractivity contribution in [3.63, 3.8) is 0 Å². The van der Waals surface area contributed by atoms with Gasteiger partial charge in [-0.05, 0) is 96.6 Å². The molecule has 1 N–H and O–H groups in total. The third-order valence-corrected chi connectivity index (χ3v) is 5.64. The molecular formula is C30H32N2. The fraction of sp³-hybridized carbons (Fsp3) is 0.200. The minimum atomic E-state index is 0.136. The van der Waals surface area contributed by atoms with Gasteiger partial charge in [0.25, 0.3) is 0 Å². The maximum atomic E-state index is 3.54. The SMILES string of the molecule is Cc1cc(C)cc(Nc2ccc(N(c3ccccc3)c3ccc(C(C)(C)C)cc3)cc2)c1. The van der Waals surface area contributed by atoms with Crippen LogP contribution in [0.5, 0.6) is 0 Å². The predicted octanol–water partition coefficient (Wildman–Crippen LogP) is 8.81. The first kappa shape index (κ1) is 21.7. The van der Waals surface area contributed by atoms with Crippen LogP contribution in [0, 0.1) is 13.8 Å². The van der Waals surface area contributed by atoms with Gasteiger partial charge in [0, 0.05) is 28.4 Å². The molecule has 0 aromatic heterocycles. The third-order valence-electron chi connectivity index (χ3n) is 5.64. The molecule has 32 heavy (non-hydrogen) atoms. The van der Waals surface area contributed by atoms with Crippen LogP contribution in [-0.2, 0) is 5.41 Å². The molecule has 162 valence electrons. The van der Waals surface area contributed by atoms with Crippen LogP contribution in [-0.4, -0.2) is 0 Å². The summed E-state index contributed by atoms with van der Waals surface area (Å²) in [6, 6.07) is 34.6. The molecule has 0 aliphatic rings. The van der Waals surface area contributed by atoms with Crippen LogP contribution in [0.15, 0.2) is 97.1 Å². The maximum absolute atomic E-state index is 3.54. The lowest BCUT2D eigenvalue weighted by Gasteiger charge is -2.27. The standard InChI is InChI=1S/C30H32N2/c1-22-19-23(2)21-26(20-22)31-25-13-17-29(18-14-25)32(27-9-7-6-8-10-27)28-15-11-24(12-16-28)30(3,4)5/h6-21,31H,1-5H3. The molecule has 0 atom stereocenters. The van der Waals surface area contributed by atoms with Gasteiger partial charge < -0.3 is 10.2 Å². The molecule has 4 aromatic carbocycles. The number of benzene rings is 4. The van der Waals surface area contributed by atoms with E-state index in [-0.39, 0.29) is 5.41 Å². The fourth-order valence-corrected chi connectivity index (χ4v) is 4.04. The Labute approximate surface area is 192 Å².